The predicted molar refractivity (Wildman–Crippen MR) is 104 cm³/mol. The van der Waals surface area contributed by atoms with Crippen LogP contribution in [-0.4, -0.2) is 58.8 Å². The van der Waals surface area contributed by atoms with E-state index in [1.807, 2.05) is 9.80 Å². The maximum absolute atomic E-state index is 13.9. The number of fused-ring (bicyclic) bond motifs is 3. The number of ether oxygens (including phenoxy) is 1. The number of rotatable bonds is 2. The van der Waals surface area contributed by atoms with Crippen molar-refractivity contribution in [2.24, 2.45) is 17.3 Å². The molecular weight excluding hydrogens is 390 g/mol. The fraction of sp³-hybridized carbons (Fsp3) is 0.545. The van der Waals surface area contributed by atoms with Gasteiger partial charge in [0.25, 0.3) is 0 Å². The summed E-state index contributed by atoms with van der Waals surface area (Å²) in [7, 11) is 0. The second-order valence-electron chi connectivity index (χ2n) is 9.58. The number of aromatic amines is 1. The smallest absolute Gasteiger partial charge is 0.320 e. The third-order valence-corrected chi connectivity index (χ3v) is 7.46. The first-order valence-electron chi connectivity index (χ1n) is 10.6. The van der Waals surface area contributed by atoms with E-state index in [0.717, 1.165) is 50.0 Å². The number of nitrogens with one attached hydrogen (secondary N) is 1. The molecule has 0 radical (unpaired) electrons. The molecule has 2 aromatic rings. The molecule has 0 bridgehead atoms. The fourth-order valence-electron chi connectivity index (χ4n) is 6.05. The standard InChI is InChI=1S/C22H24F2N4O2/c23-16-2-1-14(18(24)4-16)3-13-5-22(6-13)11-28(12-22)21(29)27-8-15-10-30-19-7-25-26-20(19)17(15)9-27/h1-2,4,7,13,15,17H,3,5-6,8-12H2,(H,25,26)/t15-,17-/m0/s1. The first-order valence-corrected chi connectivity index (χ1v) is 10.6. The van der Waals surface area contributed by atoms with E-state index in [0.29, 0.717) is 37.0 Å². The van der Waals surface area contributed by atoms with Crippen LogP contribution in [0, 0.1) is 28.9 Å². The van der Waals surface area contributed by atoms with Gasteiger partial charge < -0.3 is 14.5 Å². The quantitative estimate of drug-likeness (QED) is 0.821. The molecule has 1 aliphatic carbocycles. The summed E-state index contributed by atoms with van der Waals surface area (Å²) in [6.45, 7) is 3.63. The Kier molecular flexibility index (Phi) is 3.89. The van der Waals surface area contributed by atoms with Gasteiger partial charge in [-0.1, -0.05) is 6.07 Å². The number of carbonyl (C=O) groups excluding carboxylic acids is 1. The number of hydrogen-bond acceptors (Lipinski definition) is 3. The molecule has 1 saturated carbocycles. The Morgan fingerprint density at radius 2 is 2.07 bits per heavy atom. The summed E-state index contributed by atoms with van der Waals surface area (Å²) >= 11 is 0. The summed E-state index contributed by atoms with van der Waals surface area (Å²) in [5.74, 6) is 0.817. The van der Waals surface area contributed by atoms with Gasteiger partial charge in [-0.3, -0.25) is 5.10 Å². The van der Waals surface area contributed by atoms with Crippen molar-refractivity contribution in [3.63, 3.8) is 0 Å². The Morgan fingerprint density at radius 1 is 1.23 bits per heavy atom. The van der Waals surface area contributed by atoms with Crippen molar-refractivity contribution in [2.45, 2.75) is 25.2 Å². The monoisotopic (exact) mass is 414 g/mol. The Morgan fingerprint density at radius 3 is 2.87 bits per heavy atom. The van der Waals surface area contributed by atoms with E-state index in [9.17, 15) is 13.6 Å². The first-order chi connectivity index (χ1) is 14.5. The zero-order chi connectivity index (χ0) is 20.5. The van der Waals surface area contributed by atoms with E-state index in [4.69, 9.17) is 4.74 Å². The molecule has 2 atom stereocenters. The lowest BCUT2D eigenvalue weighted by Gasteiger charge is -2.59. The molecule has 8 heteroatoms. The predicted octanol–water partition coefficient (Wildman–Crippen LogP) is 3.17. The number of likely N-dealkylation sites (tertiary alicyclic amines) is 2. The molecule has 3 fully saturated rings. The van der Waals surface area contributed by atoms with Crippen LogP contribution in [0.25, 0.3) is 0 Å². The van der Waals surface area contributed by atoms with E-state index >= 15 is 0 Å². The van der Waals surface area contributed by atoms with Crippen LogP contribution in [-0.2, 0) is 6.42 Å². The van der Waals surface area contributed by atoms with E-state index in [2.05, 4.69) is 10.2 Å². The minimum absolute atomic E-state index is 0.115. The lowest BCUT2D eigenvalue weighted by Crippen LogP contribution is -2.65. The summed E-state index contributed by atoms with van der Waals surface area (Å²) in [6, 6.07) is 3.94. The molecule has 0 unspecified atom stereocenters. The van der Waals surface area contributed by atoms with Crippen LogP contribution in [0.1, 0.15) is 30.0 Å². The van der Waals surface area contributed by atoms with Gasteiger partial charge in [0.05, 0.1) is 18.5 Å². The number of carbonyl (C=O) groups is 1. The number of hydrogen-bond donors (Lipinski definition) is 1. The molecule has 30 heavy (non-hydrogen) atoms. The second kappa shape index (κ2) is 6.43. The van der Waals surface area contributed by atoms with Crippen molar-refractivity contribution in [3.05, 3.63) is 47.3 Å². The van der Waals surface area contributed by atoms with E-state index in [1.54, 1.807) is 12.3 Å². The topological polar surface area (TPSA) is 61.5 Å². The van der Waals surface area contributed by atoms with Gasteiger partial charge in [0.2, 0.25) is 0 Å². The minimum atomic E-state index is -0.536. The molecule has 1 spiro atoms. The molecule has 6 rings (SSSR count). The van der Waals surface area contributed by atoms with Gasteiger partial charge >= 0.3 is 6.03 Å². The average Bonchev–Trinajstić information content (AvgIpc) is 3.29. The molecule has 1 aromatic carbocycles. The van der Waals surface area contributed by atoms with E-state index in [-0.39, 0.29) is 17.4 Å². The zero-order valence-electron chi connectivity index (χ0n) is 16.6. The number of nitrogens with zero attached hydrogens (tertiary/aromatic N) is 3. The van der Waals surface area contributed by atoms with Gasteiger partial charge in [-0.15, -0.1) is 0 Å². The van der Waals surface area contributed by atoms with Gasteiger partial charge in [0.1, 0.15) is 11.6 Å². The first kappa shape index (κ1) is 18.2. The summed E-state index contributed by atoms with van der Waals surface area (Å²) in [6.07, 6.45) is 4.36. The third-order valence-electron chi connectivity index (χ3n) is 7.46. The molecule has 158 valence electrons. The second-order valence-corrected chi connectivity index (χ2v) is 9.58. The Bertz CT molecular complexity index is 995. The van der Waals surface area contributed by atoms with Crippen molar-refractivity contribution in [1.82, 2.24) is 20.0 Å². The van der Waals surface area contributed by atoms with Crippen LogP contribution in [0.5, 0.6) is 5.75 Å². The summed E-state index contributed by atoms with van der Waals surface area (Å²) in [5.41, 5.74) is 1.79. The SMILES string of the molecule is O=C(N1C[C@H]2COc3cn[nH]c3[C@H]2C1)N1CC2(CC(Cc3ccc(F)cc3F)C2)C1. The molecule has 2 saturated heterocycles. The molecule has 1 N–H and O–H groups in total. The number of urea groups is 1. The molecule has 2 amide bonds. The normalized spacial score (nSPS) is 26.6. The van der Waals surface area contributed by atoms with Crippen molar-refractivity contribution < 1.29 is 18.3 Å². The molecule has 1 aromatic heterocycles. The molecular formula is C22H24F2N4O2. The number of halogens is 2. The van der Waals surface area contributed by atoms with Crippen molar-refractivity contribution in [2.75, 3.05) is 32.8 Å². The minimum Gasteiger partial charge on any atom is -0.490 e. The van der Waals surface area contributed by atoms with E-state index in [1.165, 1.54) is 6.07 Å². The van der Waals surface area contributed by atoms with Crippen molar-refractivity contribution in [3.8, 4) is 5.75 Å². The maximum atomic E-state index is 13.9. The highest BCUT2D eigenvalue weighted by molar-refractivity contribution is 5.76. The average molecular weight is 414 g/mol. The van der Waals surface area contributed by atoms with E-state index < -0.39 is 11.6 Å². The van der Waals surface area contributed by atoms with Crippen LogP contribution in [0.2, 0.25) is 0 Å². The van der Waals surface area contributed by atoms with Gasteiger partial charge in [0.15, 0.2) is 5.75 Å². The lowest BCUT2D eigenvalue weighted by molar-refractivity contribution is -0.0756. The maximum Gasteiger partial charge on any atom is 0.320 e. The molecule has 6 nitrogen and oxygen atoms in total. The Labute approximate surface area is 173 Å². The Hall–Kier alpha value is -2.64. The largest absolute Gasteiger partial charge is 0.490 e. The van der Waals surface area contributed by atoms with Crippen molar-refractivity contribution >= 4 is 6.03 Å². The van der Waals surface area contributed by atoms with Gasteiger partial charge in [0, 0.05) is 49.5 Å². The number of aromatic nitrogens is 2. The third kappa shape index (κ3) is 2.80. The fourth-order valence-corrected chi connectivity index (χ4v) is 6.05. The highest BCUT2D eigenvalue weighted by Gasteiger charge is 2.55. The lowest BCUT2D eigenvalue weighted by atomic mass is 9.56. The van der Waals surface area contributed by atoms with Gasteiger partial charge in [-0.25, -0.2) is 13.6 Å². The van der Waals surface area contributed by atoms with Gasteiger partial charge in [-0.2, -0.15) is 5.10 Å². The zero-order valence-corrected chi connectivity index (χ0v) is 16.6. The number of H-pyrrole nitrogens is 1. The summed E-state index contributed by atoms with van der Waals surface area (Å²) in [5, 5.41) is 7.11. The van der Waals surface area contributed by atoms with Crippen LogP contribution in [0.3, 0.4) is 0 Å². The molecule has 3 aliphatic heterocycles. The van der Waals surface area contributed by atoms with Crippen LogP contribution >= 0.6 is 0 Å². The van der Waals surface area contributed by atoms with Crippen LogP contribution in [0.4, 0.5) is 13.6 Å². The van der Waals surface area contributed by atoms with Gasteiger partial charge in [-0.05, 0) is 36.8 Å². The van der Waals surface area contributed by atoms with Crippen molar-refractivity contribution in [1.29, 1.82) is 0 Å². The molecule has 4 aliphatic rings. The highest BCUT2D eigenvalue weighted by atomic mass is 19.1. The Balaban J connectivity index is 1.02. The molecule has 4 heterocycles. The summed E-state index contributed by atoms with van der Waals surface area (Å²) < 4.78 is 32.7. The highest BCUT2D eigenvalue weighted by Crippen LogP contribution is 2.53. The van der Waals surface area contributed by atoms with Crippen LogP contribution in [0.15, 0.2) is 24.4 Å². The summed E-state index contributed by atoms with van der Waals surface area (Å²) in [4.78, 5) is 16.9. The van der Waals surface area contributed by atoms with Crippen LogP contribution < -0.4 is 4.74 Å². The number of benzene rings is 1. The number of amides is 2.